The fourth-order valence-corrected chi connectivity index (χ4v) is 1.37. The standard InChI is InChI=1S/C8H17NO/c1-8(6-9-7-8)4-3-5-10-2/h9H,3-7H2,1-2H3. The van der Waals surface area contributed by atoms with E-state index in [1.807, 2.05) is 0 Å². The summed E-state index contributed by atoms with van der Waals surface area (Å²) < 4.78 is 4.99. The zero-order chi connectivity index (χ0) is 7.45. The third kappa shape index (κ3) is 1.96. The SMILES string of the molecule is COCCCC1(C)CNC1. The van der Waals surface area contributed by atoms with Crippen molar-refractivity contribution < 1.29 is 4.74 Å². The van der Waals surface area contributed by atoms with Crippen molar-refractivity contribution in [2.45, 2.75) is 19.8 Å². The zero-order valence-corrected chi connectivity index (χ0v) is 6.94. The van der Waals surface area contributed by atoms with Gasteiger partial charge in [-0.15, -0.1) is 0 Å². The molecule has 0 bridgehead atoms. The first-order valence-electron chi connectivity index (χ1n) is 3.96. The molecule has 1 saturated heterocycles. The van der Waals surface area contributed by atoms with Gasteiger partial charge in [0.25, 0.3) is 0 Å². The molecule has 0 aromatic rings. The first kappa shape index (κ1) is 8.02. The average molecular weight is 143 g/mol. The number of rotatable bonds is 4. The van der Waals surface area contributed by atoms with E-state index in [1.54, 1.807) is 7.11 Å². The van der Waals surface area contributed by atoms with Crippen molar-refractivity contribution in [3.05, 3.63) is 0 Å². The molecule has 60 valence electrons. The molecule has 1 N–H and O–H groups in total. The second-order valence-corrected chi connectivity index (χ2v) is 3.51. The molecule has 1 rings (SSSR count). The Bertz CT molecular complexity index is 99.4. The largest absolute Gasteiger partial charge is 0.385 e. The summed E-state index contributed by atoms with van der Waals surface area (Å²) in [5.74, 6) is 0. The third-order valence-electron chi connectivity index (χ3n) is 2.23. The molecule has 1 fully saturated rings. The van der Waals surface area contributed by atoms with Gasteiger partial charge in [-0.05, 0) is 18.3 Å². The van der Waals surface area contributed by atoms with Crippen molar-refractivity contribution in [2.24, 2.45) is 5.41 Å². The van der Waals surface area contributed by atoms with Gasteiger partial charge in [-0.1, -0.05) is 6.92 Å². The molecule has 0 spiro atoms. The molecule has 2 nitrogen and oxygen atoms in total. The van der Waals surface area contributed by atoms with E-state index in [9.17, 15) is 0 Å². The lowest BCUT2D eigenvalue weighted by Crippen LogP contribution is -2.51. The monoisotopic (exact) mass is 143 g/mol. The second kappa shape index (κ2) is 3.35. The van der Waals surface area contributed by atoms with Gasteiger partial charge >= 0.3 is 0 Å². The van der Waals surface area contributed by atoms with Crippen LogP contribution >= 0.6 is 0 Å². The highest BCUT2D eigenvalue weighted by molar-refractivity contribution is 4.87. The average Bonchev–Trinajstić information content (AvgIpc) is 1.85. The minimum absolute atomic E-state index is 0.582. The molecular weight excluding hydrogens is 126 g/mol. The summed E-state index contributed by atoms with van der Waals surface area (Å²) in [4.78, 5) is 0. The van der Waals surface area contributed by atoms with E-state index in [0.29, 0.717) is 5.41 Å². The summed E-state index contributed by atoms with van der Waals surface area (Å²) in [5, 5.41) is 3.29. The Labute approximate surface area is 63.0 Å². The number of hydrogen-bond donors (Lipinski definition) is 1. The fourth-order valence-electron chi connectivity index (χ4n) is 1.37. The highest BCUT2D eigenvalue weighted by Gasteiger charge is 2.30. The van der Waals surface area contributed by atoms with Crippen molar-refractivity contribution in [3.8, 4) is 0 Å². The molecule has 0 aromatic carbocycles. The molecular formula is C8H17NO. The summed E-state index contributed by atoms with van der Waals surface area (Å²) in [7, 11) is 1.77. The van der Waals surface area contributed by atoms with Crippen molar-refractivity contribution in [2.75, 3.05) is 26.8 Å². The predicted molar refractivity (Wildman–Crippen MR) is 42.1 cm³/mol. The van der Waals surface area contributed by atoms with Gasteiger partial charge < -0.3 is 10.1 Å². The molecule has 0 atom stereocenters. The number of hydrogen-bond acceptors (Lipinski definition) is 2. The molecule has 2 heteroatoms. The van der Waals surface area contributed by atoms with Gasteiger partial charge in [0.05, 0.1) is 0 Å². The Morgan fingerprint density at radius 3 is 2.60 bits per heavy atom. The van der Waals surface area contributed by atoms with E-state index >= 15 is 0 Å². The summed E-state index contributed by atoms with van der Waals surface area (Å²) in [6.45, 7) is 5.63. The van der Waals surface area contributed by atoms with E-state index in [-0.39, 0.29) is 0 Å². The van der Waals surface area contributed by atoms with Gasteiger partial charge in [0.15, 0.2) is 0 Å². The Morgan fingerprint density at radius 1 is 1.50 bits per heavy atom. The summed E-state index contributed by atoms with van der Waals surface area (Å²) >= 11 is 0. The topological polar surface area (TPSA) is 21.3 Å². The number of ether oxygens (including phenoxy) is 1. The maximum atomic E-state index is 4.99. The second-order valence-electron chi connectivity index (χ2n) is 3.51. The highest BCUT2D eigenvalue weighted by Crippen LogP contribution is 2.26. The van der Waals surface area contributed by atoms with Crippen LogP contribution in [0, 0.1) is 5.41 Å². The van der Waals surface area contributed by atoms with Crippen LogP contribution in [0.25, 0.3) is 0 Å². The molecule has 10 heavy (non-hydrogen) atoms. The van der Waals surface area contributed by atoms with Gasteiger partial charge in [0.1, 0.15) is 0 Å². The maximum Gasteiger partial charge on any atom is 0.0462 e. The fraction of sp³-hybridized carbons (Fsp3) is 1.00. The molecule has 0 radical (unpaired) electrons. The number of methoxy groups -OCH3 is 1. The summed E-state index contributed by atoms with van der Waals surface area (Å²) in [5.41, 5.74) is 0.582. The first-order valence-corrected chi connectivity index (χ1v) is 3.96. The normalized spacial score (nSPS) is 22.2. The lowest BCUT2D eigenvalue weighted by atomic mass is 9.80. The van der Waals surface area contributed by atoms with Crippen LogP contribution in [0.3, 0.4) is 0 Å². The van der Waals surface area contributed by atoms with Crippen LogP contribution in [-0.4, -0.2) is 26.8 Å². The van der Waals surface area contributed by atoms with Gasteiger partial charge in [-0.25, -0.2) is 0 Å². The van der Waals surface area contributed by atoms with E-state index in [4.69, 9.17) is 4.74 Å². The quantitative estimate of drug-likeness (QED) is 0.593. The molecule has 0 aromatic heterocycles. The van der Waals surface area contributed by atoms with Crippen LogP contribution < -0.4 is 5.32 Å². The van der Waals surface area contributed by atoms with Crippen LogP contribution in [0.4, 0.5) is 0 Å². The van der Waals surface area contributed by atoms with Crippen molar-refractivity contribution in [3.63, 3.8) is 0 Å². The van der Waals surface area contributed by atoms with Gasteiger partial charge in [0.2, 0.25) is 0 Å². The Balaban J connectivity index is 2.01. The van der Waals surface area contributed by atoms with Gasteiger partial charge in [-0.3, -0.25) is 0 Å². The van der Waals surface area contributed by atoms with Crippen molar-refractivity contribution >= 4 is 0 Å². The van der Waals surface area contributed by atoms with E-state index in [1.165, 1.54) is 25.9 Å². The van der Waals surface area contributed by atoms with Crippen molar-refractivity contribution in [1.29, 1.82) is 0 Å². The van der Waals surface area contributed by atoms with Crippen LogP contribution in [0.15, 0.2) is 0 Å². The molecule has 0 saturated carbocycles. The summed E-state index contributed by atoms with van der Waals surface area (Å²) in [6.07, 6.45) is 2.50. The molecule has 1 aliphatic heterocycles. The van der Waals surface area contributed by atoms with Crippen LogP contribution in [0.1, 0.15) is 19.8 Å². The lowest BCUT2D eigenvalue weighted by Gasteiger charge is -2.39. The molecule has 0 amide bonds. The zero-order valence-electron chi connectivity index (χ0n) is 6.94. The highest BCUT2D eigenvalue weighted by atomic mass is 16.5. The van der Waals surface area contributed by atoms with Gasteiger partial charge in [0, 0.05) is 26.8 Å². The van der Waals surface area contributed by atoms with E-state index < -0.39 is 0 Å². The maximum absolute atomic E-state index is 4.99. The molecule has 1 aliphatic rings. The first-order chi connectivity index (χ1) is 4.77. The van der Waals surface area contributed by atoms with Crippen LogP contribution in [0.2, 0.25) is 0 Å². The predicted octanol–water partition coefficient (Wildman–Crippen LogP) is 1.02. The third-order valence-corrected chi connectivity index (χ3v) is 2.23. The minimum Gasteiger partial charge on any atom is -0.385 e. The Kier molecular flexibility index (Phi) is 2.69. The molecule has 1 heterocycles. The van der Waals surface area contributed by atoms with Crippen LogP contribution in [0.5, 0.6) is 0 Å². The number of nitrogens with one attached hydrogen (secondary N) is 1. The molecule has 0 aliphatic carbocycles. The summed E-state index contributed by atoms with van der Waals surface area (Å²) in [6, 6.07) is 0. The van der Waals surface area contributed by atoms with E-state index in [2.05, 4.69) is 12.2 Å². The van der Waals surface area contributed by atoms with Crippen molar-refractivity contribution in [1.82, 2.24) is 5.32 Å². The Hall–Kier alpha value is -0.0800. The smallest absolute Gasteiger partial charge is 0.0462 e. The van der Waals surface area contributed by atoms with Gasteiger partial charge in [-0.2, -0.15) is 0 Å². The lowest BCUT2D eigenvalue weighted by molar-refractivity contribution is 0.137. The minimum atomic E-state index is 0.582. The van der Waals surface area contributed by atoms with E-state index in [0.717, 1.165) is 6.61 Å². The Morgan fingerprint density at radius 2 is 2.20 bits per heavy atom. The molecule has 0 unspecified atom stereocenters. The van der Waals surface area contributed by atoms with Crippen LogP contribution in [-0.2, 0) is 4.74 Å².